The summed E-state index contributed by atoms with van der Waals surface area (Å²) in [5.74, 6) is 1.06. The van der Waals surface area contributed by atoms with Gasteiger partial charge in [0.25, 0.3) is 0 Å². The third-order valence-corrected chi connectivity index (χ3v) is 3.01. The molecule has 0 N–H and O–H groups in total. The molecule has 0 aliphatic carbocycles. The highest BCUT2D eigenvalue weighted by molar-refractivity contribution is 7.86. The van der Waals surface area contributed by atoms with Crippen molar-refractivity contribution in [1.82, 2.24) is 0 Å². The summed E-state index contributed by atoms with van der Waals surface area (Å²) in [7, 11) is -1.95. The molecule has 0 heterocycles. The van der Waals surface area contributed by atoms with Crippen LogP contribution in [0.15, 0.2) is 48.5 Å². The minimum Gasteiger partial charge on any atom is -0.497 e. The van der Waals surface area contributed by atoms with Gasteiger partial charge in [0, 0.05) is 5.56 Å². The summed E-state index contributed by atoms with van der Waals surface area (Å²) in [6.07, 6.45) is 1.03. The van der Waals surface area contributed by atoms with Gasteiger partial charge in [-0.05, 0) is 23.8 Å². The lowest BCUT2D eigenvalue weighted by molar-refractivity contribution is 0.415. The van der Waals surface area contributed by atoms with Gasteiger partial charge in [-0.3, -0.25) is 0 Å². The molecule has 4 nitrogen and oxygen atoms in total. The molecule has 2 aromatic rings. The molecule has 5 heteroatoms. The van der Waals surface area contributed by atoms with Crippen molar-refractivity contribution >= 4 is 10.1 Å². The SMILES string of the molecule is COc1ccc(-c2ccccc2OS(C)(=O)=O)cc1. The van der Waals surface area contributed by atoms with Gasteiger partial charge in [-0.1, -0.05) is 30.3 Å². The van der Waals surface area contributed by atoms with Crippen molar-refractivity contribution in [1.29, 1.82) is 0 Å². The van der Waals surface area contributed by atoms with E-state index in [1.807, 2.05) is 36.4 Å². The molecule has 0 saturated heterocycles. The Morgan fingerprint density at radius 2 is 1.58 bits per heavy atom. The van der Waals surface area contributed by atoms with Crippen LogP contribution in [0.4, 0.5) is 0 Å². The van der Waals surface area contributed by atoms with Crippen LogP contribution >= 0.6 is 0 Å². The van der Waals surface area contributed by atoms with Crippen LogP contribution in [0.1, 0.15) is 0 Å². The number of rotatable bonds is 4. The van der Waals surface area contributed by atoms with Gasteiger partial charge in [0.05, 0.1) is 13.4 Å². The van der Waals surface area contributed by atoms with Crippen LogP contribution in [0.5, 0.6) is 11.5 Å². The van der Waals surface area contributed by atoms with Crippen LogP contribution in [0.25, 0.3) is 11.1 Å². The van der Waals surface area contributed by atoms with Gasteiger partial charge in [-0.15, -0.1) is 0 Å². The highest BCUT2D eigenvalue weighted by Crippen LogP contribution is 2.31. The van der Waals surface area contributed by atoms with Crippen molar-refractivity contribution < 1.29 is 17.3 Å². The predicted octanol–water partition coefficient (Wildman–Crippen LogP) is 2.70. The molecule has 0 saturated carbocycles. The third kappa shape index (κ3) is 3.48. The lowest BCUT2D eigenvalue weighted by Gasteiger charge is -2.10. The zero-order chi connectivity index (χ0) is 13.9. The van der Waals surface area contributed by atoms with Crippen molar-refractivity contribution in [3.63, 3.8) is 0 Å². The first-order valence-electron chi connectivity index (χ1n) is 5.62. The fraction of sp³-hybridized carbons (Fsp3) is 0.143. The van der Waals surface area contributed by atoms with E-state index in [1.165, 1.54) is 0 Å². The quantitative estimate of drug-likeness (QED) is 0.807. The van der Waals surface area contributed by atoms with Gasteiger partial charge >= 0.3 is 10.1 Å². The monoisotopic (exact) mass is 278 g/mol. The highest BCUT2D eigenvalue weighted by atomic mass is 32.2. The smallest absolute Gasteiger partial charge is 0.306 e. The molecule has 100 valence electrons. The van der Waals surface area contributed by atoms with E-state index in [0.29, 0.717) is 5.75 Å². The molecule has 0 fully saturated rings. The summed E-state index contributed by atoms with van der Waals surface area (Å²) < 4.78 is 32.6. The van der Waals surface area contributed by atoms with Crippen molar-refractivity contribution in [3.05, 3.63) is 48.5 Å². The van der Waals surface area contributed by atoms with Gasteiger partial charge in [-0.25, -0.2) is 0 Å². The fourth-order valence-electron chi connectivity index (χ4n) is 1.71. The number of ether oxygens (including phenoxy) is 1. The van der Waals surface area contributed by atoms with Crippen LogP contribution in [-0.4, -0.2) is 21.8 Å². The standard InChI is InChI=1S/C14H14O4S/c1-17-12-9-7-11(8-10-12)13-5-3-4-6-14(13)18-19(2,15)16/h3-10H,1-2H3. The number of hydrogen-bond acceptors (Lipinski definition) is 4. The topological polar surface area (TPSA) is 52.6 Å². The average molecular weight is 278 g/mol. The molecule has 0 radical (unpaired) electrons. The molecule has 0 bridgehead atoms. The van der Waals surface area contributed by atoms with Gasteiger partial charge in [-0.2, -0.15) is 8.42 Å². The second-order valence-electron chi connectivity index (χ2n) is 4.01. The number of hydrogen-bond donors (Lipinski definition) is 0. The Balaban J connectivity index is 2.43. The molecule has 0 aliphatic heterocycles. The van der Waals surface area contributed by atoms with Crippen LogP contribution < -0.4 is 8.92 Å². The van der Waals surface area contributed by atoms with E-state index in [4.69, 9.17) is 8.92 Å². The molecule has 0 unspecified atom stereocenters. The molecule has 0 aromatic heterocycles. The van der Waals surface area contributed by atoms with E-state index in [-0.39, 0.29) is 0 Å². The Morgan fingerprint density at radius 1 is 0.947 bits per heavy atom. The van der Waals surface area contributed by atoms with Crippen molar-refractivity contribution in [2.75, 3.05) is 13.4 Å². The Hall–Kier alpha value is -2.01. The van der Waals surface area contributed by atoms with Crippen LogP contribution in [0.3, 0.4) is 0 Å². The van der Waals surface area contributed by atoms with E-state index in [2.05, 4.69) is 0 Å². The minimum atomic E-state index is -3.55. The third-order valence-electron chi connectivity index (χ3n) is 2.53. The first-order chi connectivity index (χ1) is 8.99. The van der Waals surface area contributed by atoms with Crippen LogP contribution in [0.2, 0.25) is 0 Å². The zero-order valence-electron chi connectivity index (χ0n) is 10.7. The lowest BCUT2D eigenvalue weighted by atomic mass is 10.0. The van der Waals surface area contributed by atoms with Crippen molar-refractivity contribution in [2.24, 2.45) is 0 Å². The summed E-state index contributed by atoms with van der Waals surface area (Å²) in [4.78, 5) is 0. The maximum Gasteiger partial charge on any atom is 0.306 e. The molecule has 19 heavy (non-hydrogen) atoms. The van der Waals surface area contributed by atoms with Gasteiger partial charge in [0.15, 0.2) is 0 Å². The zero-order valence-corrected chi connectivity index (χ0v) is 11.5. The van der Waals surface area contributed by atoms with Crippen molar-refractivity contribution in [2.45, 2.75) is 0 Å². The maximum absolute atomic E-state index is 11.2. The number of methoxy groups -OCH3 is 1. The minimum absolute atomic E-state index is 0.315. The molecule has 0 aliphatic rings. The normalized spacial score (nSPS) is 11.1. The lowest BCUT2D eigenvalue weighted by Crippen LogP contribution is -2.06. The second-order valence-corrected chi connectivity index (χ2v) is 5.59. The molecule has 0 atom stereocenters. The number of para-hydroxylation sites is 1. The van der Waals surface area contributed by atoms with Crippen molar-refractivity contribution in [3.8, 4) is 22.6 Å². The van der Waals surface area contributed by atoms with E-state index >= 15 is 0 Å². The summed E-state index contributed by atoms with van der Waals surface area (Å²) in [5.41, 5.74) is 1.58. The Bertz CT molecular complexity index is 660. The molecular weight excluding hydrogens is 264 g/mol. The molecular formula is C14H14O4S. The predicted molar refractivity (Wildman–Crippen MR) is 73.9 cm³/mol. The van der Waals surface area contributed by atoms with E-state index in [1.54, 1.807) is 19.2 Å². The first kappa shape index (κ1) is 13.4. The highest BCUT2D eigenvalue weighted by Gasteiger charge is 2.10. The summed E-state index contributed by atoms with van der Waals surface area (Å²) in [6.45, 7) is 0. The Labute approximate surface area is 112 Å². The molecule has 0 amide bonds. The Morgan fingerprint density at radius 3 is 2.16 bits per heavy atom. The summed E-state index contributed by atoms with van der Waals surface area (Å²) in [5, 5.41) is 0. The van der Waals surface area contributed by atoms with E-state index < -0.39 is 10.1 Å². The van der Waals surface area contributed by atoms with Gasteiger partial charge < -0.3 is 8.92 Å². The summed E-state index contributed by atoms with van der Waals surface area (Å²) in [6, 6.07) is 14.3. The van der Waals surface area contributed by atoms with Gasteiger partial charge in [0.2, 0.25) is 0 Å². The molecule has 0 spiro atoms. The molecule has 2 aromatic carbocycles. The van der Waals surface area contributed by atoms with Gasteiger partial charge in [0.1, 0.15) is 11.5 Å². The maximum atomic E-state index is 11.2. The summed E-state index contributed by atoms with van der Waals surface area (Å²) >= 11 is 0. The Kier molecular flexibility index (Phi) is 3.76. The van der Waals surface area contributed by atoms with Crippen LogP contribution in [-0.2, 0) is 10.1 Å². The average Bonchev–Trinajstić information content (AvgIpc) is 2.38. The fourth-order valence-corrected chi connectivity index (χ4v) is 2.18. The first-order valence-corrected chi connectivity index (χ1v) is 7.44. The second kappa shape index (κ2) is 5.32. The number of benzene rings is 2. The van der Waals surface area contributed by atoms with E-state index in [9.17, 15) is 8.42 Å². The molecule has 2 rings (SSSR count). The largest absolute Gasteiger partial charge is 0.497 e. The van der Waals surface area contributed by atoms with Crippen LogP contribution in [0, 0.1) is 0 Å². The van der Waals surface area contributed by atoms with E-state index in [0.717, 1.165) is 23.1 Å².